The Kier molecular flexibility index (Phi) is 7.33. The standard InChI is InChI=1S/C14H28N2O2.ClH/c1-6-14(7-2)11(9-12(14)18-5)16(4)13(17)8-10(3)15;/h10-12H,6-9,15H2,1-5H3;1H. The smallest absolute Gasteiger partial charge is 0.224 e. The van der Waals surface area contributed by atoms with Crippen LogP contribution in [0.2, 0.25) is 0 Å². The molecule has 0 aromatic rings. The van der Waals surface area contributed by atoms with Gasteiger partial charge in [0.15, 0.2) is 0 Å². The monoisotopic (exact) mass is 292 g/mol. The molecule has 3 atom stereocenters. The minimum Gasteiger partial charge on any atom is -0.381 e. The Morgan fingerprint density at radius 2 is 2.00 bits per heavy atom. The van der Waals surface area contributed by atoms with Gasteiger partial charge in [-0.25, -0.2) is 0 Å². The normalized spacial score (nSPS) is 26.0. The molecule has 1 aliphatic carbocycles. The highest BCUT2D eigenvalue weighted by Crippen LogP contribution is 2.50. The zero-order chi connectivity index (χ0) is 13.9. The zero-order valence-corrected chi connectivity index (χ0v) is 13.6. The Hall–Kier alpha value is -0.320. The van der Waals surface area contributed by atoms with E-state index in [0.29, 0.717) is 12.5 Å². The maximum absolute atomic E-state index is 12.1. The van der Waals surface area contributed by atoms with Crippen LogP contribution >= 0.6 is 12.4 Å². The zero-order valence-electron chi connectivity index (χ0n) is 12.8. The van der Waals surface area contributed by atoms with Crippen LogP contribution in [0.1, 0.15) is 46.5 Å². The molecule has 0 aromatic heterocycles. The van der Waals surface area contributed by atoms with Crippen molar-refractivity contribution in [3.05, 3.63) is 0 Å². The van der Waals surface area contributed by atoms with E-state index in [4.69, 9.17) is 10.5 Å². The van der Waals surface area contributed by atoms with Gasteiger partial charge in [0.05, 0.1) is 6.10 Å². The highest BCUT2D eigenvalue weighted by Gasteiger charge is 2.55. The Bertz CT molecular complexity index is 293. The van der Waals surface area contributed by atoms with Crippen molar-refractivity contribution in [1.82, 2.24) is 4.90 Å². The van der Waals surface area contributed by atoms with E-state index in [1.165, 1.54) is 0 Å². The number of halogens is 1. The van der Waals surface area contributed by atoms with Crippen LogP contribution in [-0.4, -0.2) is 43.2 Å². The number of carbonyl (C=O) groups is 1. The molecule has 0 saturated heterocycles. The summed E-state index contributed by atoms with van der Waals surface area (Å²) in [6.07, 6.45) is 3.74. The Balaban J connectivity index is 0.00000324. The number of hydrogen-bond acceptors (Lipinski definition) is 3. The number of carbonyl (C=O) groups excluding carboxylic acids is 1. The molecular formula is C14H29ClN2O2. The van der Waals surface area contributed by atoms with Crippen LogP contribution in [0.4, 0.5) is 0 Å². The van der Waals surface area contributed by atoms with E-state index in [1.54, 1.807) is 7.11 Å². The van der Waals surface area contributed by atoms with E-state index in [-0.39, 0.29) is 35.9 Å². The van der Waals surface area contributed by atoms with Gasteiger partial charge >= 0.3 is 0 Å². The van der Waals surface area contributed by atoms with Crippen molar-refractivity contribution in [2.24, 2.45) is 11.1 Å². The molecular weight excluding hydrogens is 264 g/mol. The summed E-state index contributed by atoms with van der Waals surface area (Å²) in [5.74, 6) is 0.149. The van der Waals surface area contributed by atoms with Crippen molar-refractivity contribution in [3.8, 4) is 0 Å². The number of ether oxygens (including phenoxy) is 1. The van der Waals surface area contributed by atoms with Gasteiger partial charge in [-0.1, -0.05) is 13.8 Å². The molecule has 0 aliphatic heterocycles. The summed E-state index contributed by atoms with van der Waals surface area (Å²) in [4.78, 5) is 14.0. The SMILES string of the molecule is CCC1(CC)C(OC)CC1N(C)C(=O)CC(C)N.Cl. The van der Waals surface area contributed by atoms with Crippen LogP contribution in [0.5, 0.6) is 0 Å². The molecule has 1 rings (SSSR count). The van der Waals surface area contributed by atoms with Crippen molar-refractivity contribution in [2.75, 3.05) is 14.2 Å². The first-order chi connectivity index (χ1) is 8.42. The third-order valence-corrected chi connectivity index (χ3v) is 4.70. The van der Waals surface area contributed by atoms with E-state index >= 15 is 0 Å². The third kappa shape index (κ3) is 3.41. The van der Waals surface area contributed by atoms with Crippen LogP contribution in [0, 0.1) is 5.41 Å². The summed E-state index contributed by atoms with van der Waals surface area (Å²) in [5, 5.41) is 0. The van der Waals surface area contributed by atoms with Gasteiger partial charge in [0, 0.05) is 38.1 Å². The van der Waals surface area contributed by atoms with E-state index < -0.39 is 0 Å². The van der Waals surface area contributed by atoms with Gasteiger partial charge in [-0.2, -0.15) is 0 Å². The second-order valence-corrected chi connectivity index (χ2v) is 5.60. The largest absolute Gasteiger partial charge is 0.381 e. The molecule has 0 aromatic carbocycles. The molecule has 114 valence electrons. The van der Waals surface area contributed by atoms with Gasteiger partial charge in [0.2, 0.25) is 5.91 Å². The summed E-state index contributed by atoms with van der Waals surface area (Å²) in [7, 11) is 3.67. The molecule has 4 nitrogen and oxygen atoms in total. The van der Waals surface area contributed by atoms with E-state index in [0.717, 1.165) is 19.3 Å². The van der Waals surface area contributed by atoms with E-state index in [2.05, 4.69) is 13.8 Å². The van der Waals surface area contributed by atoms with Gasteiger partial charge in [0.1, 0.15) is 0 Å². The second-order valence-electron chi connectivity index (χ2n) is 5.60. The highest BCUT2D eigenvalue weighted by molar-refractivity contribution is 5.85. The fourth-order valence-electron chi connectivity index (χ4n) is 3.37. The molecule has 19 heavy (non-hydrogen) atoms. The molecule has 3 unspecified atom stereocenters. The first kappa shape index (κ1) is 18.7. The van der Waals surface area contributed by atoms with Crippen molar-refractivity contribution in [1.29, 1.82) is 0 Å². The molecule has 1 saturated carbocycles. The maximum Gasteiger partial charge on any atom is 0.224 e. The van der Waals surface area contributed by atoms with Crippen molar-refractivity contribution < 1.29 is 9.53 Å². The lowest BCUT2D eigenvalue weighted by Gasteiger charge is -2.58. The lowest BCUT2D eigenvalue weighted by Crippen LogP contribution is -2.64. The summed E-state index contributed by atoms with van der Waals surface area (Å²) >= 11 is 0. The van der Waals surface area contributed by atoms with Gasteiger partial charge in [0.25, 0.3) is 0 Å². The highest BCUT2D eigenvalue weighted by atomic mass is 35.5. The van der Waals surface area contributed by atoms with E-state index in [9.17, 15) is 4.79 Å². The lowest BCUT2D eigenvalue weighted by atomic mass is 9.58. The molecule has 0 heterocycles. The minimum absolute atomic E-state index is 0. The fourth-order valence-corrected chi connectivity index (χ4v) is 3.37. The summed E-state index contributed by atoms with van der Waals surface area (Å²) in [6.45, 7) is 6.24. The van der Waals surface area contributed by atoms with Crippen LogP contribution in [-0.2, 0) is 9.53 Å². The van der Waals surface area contributed by atoms with Crippen molar-refractivity contribution in [2.45, 2.75) is 64.6 Å². The van der Waals surface area contributed by atoms with E-state index in [1.807, 2.05) is 18.9 Å². The van der Waals surface area contributed by atoms with Crippen LogP contribution in [0.15, 0.2) is 0 Å². The quantitative estimate of drug-likeness (QED) is 0.816. The number of methoxy groups -OCH3 is 1. The number of nitrogens with two attached hydrogens (primary N) is 1. The Morgan fingerprint density at radius 3 is 2.37 bits per heavy atom. The van der Waals surface area contributed by atoms with Crippen LogP contribution < -0.4 is 5.73 Å². The second kappa shape index (κ2) is 7.46. The summed E-state index contributed by atoms with van der Waals surface area (Å²) in [6, 6.07) is 0.222. The average Bonchev–Trinajstić information content (AvgIpc) is 2.29. The minimum atomic E-state index is -0.0732. The van der Waals surface area contributed by atoms with Crippen LogP contribution in [0.3, 0.4) is 0 Å². The van der Waals surface area contributed by atoms with Gasteiger partial charge < -0.3 is 15.4 Å². The molecule has 0 bridgehead atoms. The van der Waals surface area contributed by atoms with Gasteiger partial charge in [-0.3, -0.25) is 4.79 Å². The fraction of sp³-hybridized carbons (Fsp3) is 0.929. The molecule has 1 aliphatic rings. The Labute approximate surface area is 123 Å². The summed E-state index contributed by atoms with van der Waals surface area (Å²) < 4.78 is 5.56. The average molecular weight is 293 g/mol. The van der Waals surface area contributed by atoms with Crippen molar-refractivity contribution in [3.63, 3.8) is 0 Å². The lowest BCUT2D eigenvalue weighted by molar-refractivity contribution is -0.170. The molecule has 5 heteroatoms. The topological polar surface area (TPSA) is 55.6 Å². The van der Waals surface area contributed by atoms with Crippen LogP contribution in [0.25, 0.3) is 0 Å². The predicted molar refractivity (Wildman–Crippen MR) is 80.5 cm³/mol. The van der Waals surface area contributed by atoms with Gasteiger partial charge in [-0.15, -0.1) is 12.4 Å². The molecule has 2 N–H and O–H groups in total. The molecule has 0 radical (unpaired) electrons. The molecule has 1 amide bonds. The molecule has 1 fully saturated rings. The van der Waals surface area contributed by atoms with Crippen molar-refractivity contribution >= 4 is 18.3 Å². The number of rotatable bonds is 6. The first-order valence-corrected chi connectivity index (χ1v) is 6.96. The summed E-state index contributed by atoms with van der Waals surface area (Å²) in [5.41, 5.74) is 5.83. The molecule has 0 spiro atoms. The number of amides is 1. The Morgan fingerprint density at radius 1 is 1.47 bits per heavy atom. The number of hydrogen-bond donors (Lipinski definition) is 1. The number of nitrogens with zero attached hydrogens (tertiary/aromatic N) is 1. The van der Waals surface area contributed by atoms with Gasteiger partial charge in [-0.05, 0) is 26.2 Å². The predicted octanol–water partition coefficient (Wildman–Crippen LogP) is 2.20. The first-order valence-electron chi connectivity index (χ1n) is 6.96. The maximum atomic E-state index is 12.1. The third-order valence-electron chi connectivity index (χ3n) is 4.70.